The molecule has 230 valence electrons. The Morgan fingerprint density at radius 1 is 1.14 bits per heavy atom. The first kappa shape index (κ1) is 31.0. The van der Waals surface area contributed by atoms with Crippen molar-refractivity contribution in [3.05, 3.63) is 74.3 Å². The van der Waals surface area contributed by atoms with Gasteiger partial charge in [0.05, 0.1) is 40.0 Å². The second-order valence-electron chi connectivity index (χ2n) is 11.0. The standard InChI is InChI=1S/C30H33BrN8O5/c1-18-15-37(16-19(2)44-18)30(41)26-10-21(31)11-27(39(42)43)28(26)34-24-12-25(6-5-22-7-8-36(4)35-22)38(17-24)29(40)20-9-23(32-3)14-33-13-20/h7-11,13-14,18-19,24-25,32,34H,12,15-17H2,1-4H3/t18-,19+,24-,25-/m1/s1. The smallest absolute Gasteiger partial charge is 0.294 e. The summed E-state index contributed by atoms with van der Waals surface area (Å²) in [5, 5.41) is 22.8. The highest BCUT2D eigenvalue weighted by Gasteiger charge is 2.38. The number of carbonyl (C=O) groups is 2. The molecule has 0 aliphatic carbocycles. The molecule has 2 aromatic heterocycles. The van der Waals surface area contributed by atoms with Gasteiger partial charge in [0.15, 0.2) is 0 Å². The lowest BCUT2D eigenvalue weighted by Crippen LogP contribution is -2.48. The minimum Gasteiger partial charge on any atom is -0.387 e. The van der Waals surface area contributed by atoms with E-state index in [9.17, 15) is 19.7 Å². The van der Waals surface area contributed by atoms with Crippen molar-refractivity contribution < 1.29 is 19.2 Å². The van der Waals surface area contributed by atoms with E-state index in [1.807, 2.05) is 13.8 Å². The van der Waals surface area contributed by atoms with Crippen LogP contribution in [0.3, 0.4) is 0 Å². The molecule has 2 saturated heterocycles. The van der Waals surface area contributed by atoms with Gasteiger partial charge < -0.3 is 25.2 Å². The van der Waals surface area contributed by atoms with Crippen molar-refractivity contribution in [3.63, 3.8) is 0 Å². The second kappa shape index (κ2) is 13.0. The number of carbonyl (C=O) groups excluding carboxylic acids is 2. The van der Waals surface area contributed by atoms with Gasteiger partial charge in [-0.2, -0.15) is 5.10 Å². The van der Waals surface area contributed by atoms with Crippen molar-refractivity contribution in [2.45, 2.75) is 44.6 Å². The Balaban J connectivity index is 1.49. The van der Waals surface area contributed by atoms with Crippen molar-refractivity contribution in [1.29, 1.82) is 0 Å². The van der Waals surface area contributed by atoms with Gasteiger partial charge in [0, 0.05) is 75.3 Å². The summed E-state index contributed by atoms with van der Waals surface area (Å²) in [6, 6.07) is 5.47. The summed E-state index contributed by atoms with van der Waals surface area (Å²) in [4.78, 5) is 46.8. The van der Waals surface area contributed by atoms with E-state index >= 15 is 0 Å². The molecule has 4 heterocycles. The van der Waals surface area contributed by atoms with Crippen LogP contribution < -0.4 is 10.6 Å². The van der Waals surface area contributed by atoms with Crippen LogP contribution in [0.2, 0.25) is 0 Å². The number of morpholine rings is 1. The minimum atomic E-state index is -0.533. The Labute approximate surface area is 263 Å². The molecule has 0 unspecified atom stereocenters. The third kappa shape index (κ3) is 6.84. The van der Waals surface area contributed by atoms with Crippen molar-refractivity contribution in [3.8, 4) is 11.8 Å². The molecule has 0 bridgehead atoms. The van der Waals surface area contributed by atoms with Crippen LogP contribution in [0.1, 0.15) is 46.7 Å². The first-order chi connectivity index (χ1) is 21.0. The Morgan fingerprint density at radius 2 is 1.89 bits per heavy atom. The van der Waals surface area contributed by atoms with Crippen LogP contribution in [0, 0.1) is 22.0 Å². The molecule has 2 aliphatic rings. The average Bonchev–Trinajstić information content (AvgIpc) is 3.60. The van der Waals surface area contributed by atoms with E-state index in [1.165, 1.54) is 12.3 Å². The molecule has 0 radical (unpaired) electrons. The molecular formula is C30H33BrN8O5. The second-order valence-corrected chi connectivity index (χ2v) is 11.9. The zero-order valence-corrected chi connectivity index (χ0v) is 26.4. The maximum Gasteiger partial charge on any atom is 0.294 e. The number of nitrogens with one attached hydrogen (secondary N) is 2. The number of nitrogens with zero attached hydrogens (tertiary/aromatic N) is 6. The molecule has 13 nitrogen and oxygen atoms in total. The molecule has 0 saturated carbocycles. The summed E-state index contributed by atoms with van der Waals surface area (Å²) in [5.74, 6) is 5.60. The highest BCUT2D eigenvalue weighted by Crippen LogP contribution is 2.36. The molecule has 2 fully saturated rings. The van der Waals surface area contributed by atoms with E-state index in [4.69, 9.17) is 4.74 Å². The molecule has 14 heteroatoms. The Bertz CT molecular complexity index is 1640. The number of rotatable bonds is 6. The zero-order chi connectivity index (χ0) is 31.5. The summed E-state index contributed by atoms with van der Waals surface area (Å²) in [6.45, 7) is 4.68. The largest absolute Gasteiger partial charge is 0.387 e. The molecule has 44 heavy (non-hydrogen) atoms. The van der Waals surface area contributed by atoms with Gasteiger partial charge in [-0.25, -0.2) is 0 Å². The van der Waals surface area contributed by atoms with Gasteiger partial charge in [0.25, 0.3) is 17.5 Å². The van der Waals surface area contributed by atoms with E-state index in [2.05, 4.69) is 48.5 Å². The number of likely N-dealkylation sites (tertiary alicyclic amines) is 1. The number of pyridine rings is 1. The highest BCUT2D eigenvalue weighted by molar-refractivity contribution is 9.10. The van der Waals surface area contributed by atoms with Gasteiger partial charge in [-0.1, -0.05) is 21.9 Å². The van der Waals surface area contributed by atoms with E-state index in [0.717, 1.165) is 0 Å². The van der Waals surface area contributed by atoms with Crippen molar-refractivity contribution in [1.82, 2.24) is 24.6 Å². The van der Waals surface area contributed by atoms with Crippen molar-refractivity contribution in [2.24, 2.45) is 7.05 Å². The molecule has 5 rings (SSSR count). The number of benzene rings is 1. The maximum absolute atomic E-state index is 13.8. The first-order valence-electron chi connectivity index (χ1n) is 14.2. The highest BCUT2D eigenvalue weighted by atomic mass is 79.9. The monoisotopic (exact) mass is 664 g/mol. The van der Waals surface area contributed by atoms with Crippen molar-refractivity contribution in [2.75, 3.05) is 37.3 Å². The Kier molecular flexibility index (Phi) is 9.17. The first-order valence-corrected chi connectivity index (χ1v) is 15.0. The number of halogens is 1. The van der Waals surface area contributed by atoms with Gasteiger partial charge in [0.2, 0.25) is 0 Å². The van der Waals surface area contributed by atoms with Crippen LogP contribution in [-0.2, 0) is 11.8 Å². The van der Waals surface area contributed by atoms with Crippen molar-refractivity contribution >= 4 is 44.8 Å². The van der Waals surface area contributed by atoms with Crippen LogP contribution in [0.25, 0.3) is 0 Å². The van der Waals surface area contributed by atoms with E-state index in [1.54, 1.807) is 59.2 Å². The fourth-order valence-electron chi connectivity index (χ4n) is 5.58. The molecule has 2 amide bonds. The van der Waals surface area contributed by atoms with Gasteiger partial charge in [-0.05, 0) is 38.0 Å². The third-order valence-electron chi connectivity index (χ3n) is 7.48. The van der Waals surface area contributed by atoms with Crippen LogP contribution in [0.15, 0.2) is 47.3 Å². The number of aromatic nitrogens is 3. The number of aryl methyl sites for hydroxylation is 1. The van der Waals surface area contributed by atoms with Gasteiger partial charge in [-0.3, -0.25) is 29.4 Å². The molecule has 2 aliphatic heterocycles. The van der Waals surface area contributed by atoms with E-state index in [-0.39, 0.29) is 47.5 Å². The normalized spacial score (nSPS) is 21.4. The summed E-state index contributed by atoms with van der Waals surface area (Å²) >= 11 is 3.35. The molecule has 3 aromatic rings. The van der Waals surface area contributed by atoms with Crippen LogP contribution in [-0.4, -0.2) is 92.3 Å². The third-order valence-corrected chi connectivity index (χ3v) is 7.94. The number of hydrogen-bond acceptors (Lipinski definition) is 9. The van der Waals surface area contributed by atoms with E-state index < -0.39 is 17.0 Å². The predicted molar refractivity (Wildman–Crippen MR) is 167 cm³/mol. The zero-order valence-electron chi connectivity index (χ0n) is 24.8. The lowest BCUT2D eigenvalue weighted by atomic mass is 10.1. The number of anilines is 2. The maximum atomic E-state index is 13.8. The summed E-state index contributed by atoms with van der Waals surface area (Å²) in [7, 11) is 3.53. The molecule has 1 aromatic carbocycles. The predicted octanol–water partition coefficient (Wildman–Crippen LogP) is 3.52. The number of amides is 2. The molecular weight excluding hydrogens is 632 g/mol. The van der Waals surface area contributed by atoms with Crippen LogP contribution >= 0.6 is 15.9 Å². The fourth-order valence-corrected chi connectivity index (χ4v) is 6.02. The van der Waals surface area contributed by atoms with Crippen LogP contribution in [0.4, 0.5) is 17.1 Å². The molecule has 2 N–H and O–H groups in total. The summed E-state index contributed by atoms with van der Waals surface area (Å²) in [5.41, 5.74) is 1.64. The Hall–Kier alpha value is -4.48. The quantitative estimate of drug-likeness (QED) is 0.229. The fraction of sp³-hybridized carbons (Fsp3) is 0.400. The van der Waals surface area contributed by atoms with Gasteiger partial charge >= 0.3 is 0 Å². The van der Waals surface area contributed by atoms with E-state index in [0.29, 0.717) is 40.9 Å². The SMILES string of the molecule is CNc1cncc(C(=O)N2C[C@H](Nc3c(C(=O)N4C[C@@H](C)O[C@@H](C)C4)cc(Br)cc3[N+](=O)[O-])C[C@H]2C#Cc2ccn(C)n2)c1. The minimum absolute atomic E-state index is 0.101. The topological polar surface area (TPSA) is 148 Å². The average molecular weight is 666 g/mol. The van der Waals surface area contributed by atoms with Crippen LogP contribution in [0.5, 0.6) is 0 Å². The number of ether oxygens (including phenoxy) is 1. The van der Waals surface area contributed by atoms with Gasteiger partial charge in [-0.15, -0.1) is 0 Å². The summed E-state index contributed by atoms with van der Waals surface area (Å²) < 4.78 is 7.84. The Morgan fingerprint density at radius 3 is 2.55 bits per heavy atom. The molecule has 0 spiro atoms. The number of hydrogen-bond donors (Lipinski definition) is 2. The lowest BCUT2D eigenvalue weighted by Gasteiger charge is -2.35. The number of nitro benzene ring substituents is 1. The van der Waals surface area contributed by atoms with Gasteiger partial charge in [0.1, 0.15) is 11.4 Å². The molecule has 4 atom stereocenters. The number of nitro groups is 1. The lowest BCUT2D eigenvalue weighted by molar-refractivity contribution is -0.384. The summed E-state index contributed by atoms with van der Waals surface area (Å²) in [6.07, 6.45) is 4.90.